The van der Waals surface area contributed by atoms with E-state index in [0.717, 1.165) is 0 Å². The smallest absolute Gasteiger partial charge is 0.359 e. The number of amides is 1. The number of ether oxygens (including phenoxy) is 1. The van der Waals surface area contributed by atoms with Gasteiger partial charge >= 0.3 is 5.97 Å². The van der Waals surface area contributed by atoms with Crippen molar-refractivity contribution in [2.24, 2.45) is 0 Å². The van der Waals surface area contributed by atoms with Crippen LogP contribution in [-0.2, 0) is 14.3 Å². The Kier molecular flexibility index (Phi) is 2.07. The second-order valence-electron chi connectivity index (χ2n) is 4.20. The van der Waals surface area contributed by atoms with E-state index in [1.165, 1.54) is 23.8 Å². The molecule has 0 saturated carbocycles. The van der Waals surface area contributed by atoms with Gasteiger partial charge in [-0.25, -0.2) is 4.79 Å². The van der Waals surface area contributed by atoms with Crippen molar-refractivity contribution in [2.75, 3.05) is 7.11 Å². The molecule has 2 saturated heterocycles. The lowest BCUT2D eigenvalue weighted by Gasteiger charge is -2.44. The maximum atomic E-state index is 11.4. The molecule has 1 unspecified atom stereocenters. The summed E-state index contributed by atoms with van der Waals surface area (Å²) < 4.78 is 4.53. The van der Waals surface area contributed by atoms with Gasteiger partial charge in [-0.05, 0) is 13.8 Å². The van der Waals surface area contributed by atoms with Gasteiger partial charge in [0.1, 0.15) is 0 Å². The van der Waals surface area contributed by atoms with Crippen LogP contribution >= 0.6 is 11.8 Å². The Morgan fingerprint density at radius 1 is 1.67 bits per heavy atom. The highest BCUT2D eigenvalue weighted by Crippen LogP contribution is 2.56. The number of β-lactam (4-membered cyclic amide) rings is 1. The first-order valence-electron chi connectivity index (χ1n) is 4.65. The fourth-order valence-corrected chi connectivity index (χ4v) is 4.07. The molecule has 1 amide bonds. The number of fused-ring (bicyclic) bond motifs is 1. The maximum absolute atomic E-state index is 11.4. The molecule has 2 rings (SSSR count). The predicted molar refractivity (Wildman–Crippen MR) is 54.3 cm³/mol. The van der Waals surface area contributed by atoms with Gasteiger partial charge in [-0.2, -0.15) is 0 Å². The number of carboxylic acid groups (broad SMARTS) is 1. The summed E-state index contributed by atoms with van der Waals surface area (Å²) in [5, 5.41) is 9.25. The van der Waals surface area contributed by atoms with Crippen molar-refractivity contribution >= 4 is 23.6 Å². The zero-order chi connectivity index (χ0) is 11.4. The van der Waals surface area contributed by atoms with E-state index in [4.69, 9.17) is 4.74 Å². The van der Waals surface area contributed by atoms with Gasteiger partial charge < -0.3 is 9.84 Å². The minimum absolute atomic E-state index is 0.0523. The summed E-state index contributed by atoms with van der Waals surface area (Å²) in [7, 11) is 1.34. The van der Waals surface area contributed by atoms with E-state index >= 15 is 0 Å². The molecule has 2 fully saturated rings. The van der Waals surface area contributed by atoms with E-state index in [1.54, 1.807) is 13.8 Å². The van der Waals surface area contributed by atoms with Crippen LogP contribution in [0.5, 0.6) is 0 Å². The molecule has 15 heavy (non-hydrogen) atoms. The first kappa shape index (κ1) is 10.8. The molecule has 0 aromatic carbocycles. The molecule has 0 spiro atoms. The molecule has 0 bridgehead atoms. The first-order valence-corrected chi connectivity index (χ1v) is 5.53. The number of aliphatic carboxylic acids is 1. The van der Waals surface area contributed by atoms with Gasteiger partial charge in [0.15, 0.2) is 0 Å². The summed E-state index contributed by atoms with van der Waals surface area (Å²) in [6.07, 6.45) is 0.409. The standard InChI is InChI=1S/C9H13NO4S/c1-8(2)9(14-3,7(12)13)10-5(11)4-6(10)15-8/h6H,4H2,1-3H3,(H,12,13)/t6-,9?/m1/s1. The Balaban J connectivity index is 2.49. The molecule has 2 aliphatic rings. The SMILES string of the molecule is COC1(C(=O)O)N2C(=O)C[C@H]2SC1(C)C. The molecule has 1 N–H and O–H groups in total. The average Bonchev–Trinajstić information content (AvgIpc) is 2.29. The summed E-state index contributed by atoms with van der Waals surface area (Å²) in [6.45, 7) is 3.59. The molecule has 2 atom stereocenters. The number of carboxylic acids is 1. The van der Waals surface area contributed by atoms with Gasteiger partial charge in [0.25, 0.3) is 5.72 Å². The fraction of sp³-hybridized carbons (Fsp3) is 0.778. The van der Waals surface area contributed by atoms with Crippen LogP contribution in [0.1, 0.15) is 20.3 Å². The monoisotopic (exact) mass is 231 g/mol. The third kappa shape index (κ3) is 1.04. The Hall–Kier alpha value is -0.750. The fourth-order valence-electron chi connectivity index (χ4n) is 2.36. The molecule has 5 nitrogen and oxygen atoms in total. The summed E-state index contributed by atoms with van der Waals surface area (Å²) in [5.74, 6) is -1.25. The third-order valence-corrected chi connectivity index (χ3v) is 4.59. The number of rotatable bonds is 2. The van der Waals surface area contributed by atoms with Crippen molar-refractivity contribution in [2.45, 2.75) is 36.1 Å². The Morgan fingerprint density at radius 3 is 2.60 bits per heavy atom. The highest BCUT2D eigenvalue weighted by Gasteiger charge is 2.70. The Labute approximate surface area is 91.8 Å². The van der Waals surface area contributed by atoms with Crippen LogP contribution in [0.25, 0.3) is 0 Å². The van der Waals surface area contributed by atoms with Gasteiger partial charge in [0.05, 0.1) is 16.5 Å². The molecule has 0 aromatic heterocycles. The lowest BCUT2D eigenvalue weighted by Crippen LogP contribution is -2.68. The van der Waals surface area contributed by atoms with Crippen LogP contribution in [0.3, 0.4) is 0 Å². The zero-order valence-electron chi connectivity index (χ0n) is 8.81. The summed E-state index contributed by atoms with van der Waals surface area (Å²) in [5.41, 5.74) is -1.52. The normalized spacial score (nSPS) is 37.4. The minimum atomic E-state index is -1.52. The van der Waals surface area contributed by atoms with Crippen LogP contribution in [0.4, 0.5) is 0 Å². The van der Waals surface area contributed by atoms with Crippen molar-refractivity contribution in [3.63, 3.8) is 0 Å². The van der Waals surface area contributed by atoms with Crippen molar-refractivity contribution in [3.05, 3.63) is 0 Å². The number of hydrogen-bond acceptors (Lipinski definition) is 4. The third-order valence-electron chi connectivity index (χ3n) is 3.08. The summed E-state index contributed by atoms with van der Waals surface area (Å²) >= 11 is 1.48. The second-order valence-corrected chi connectivity index (χ2v) is 6.00. The molecule has 84 valence electrons. The topological polar surface area (TPSA) is 66.8 Å². The van der Waals surface area contributed by atoms with Crippen LogP contribution < -0.4 is 0 Å². The summed E-state index contributed by atoms with van der Waals surface area (Å²) in [4.78, 5) is 24.2. The molecule has 2 heterocycles. The number of methoxy groups -OCH3 is 1. The average molecular weight is 231 g/mol. The number of nitrogens with zero attached hydrogens (tertiary/aromatic N) is 1. The molecule has 6 heteroatoms. The highest BCUT2D eigenvalue weighted by atomic mass is 32.2. The lowest BCUT2D eigenvalue weighted by molar-refractivity contribution is -0.208. The molecule has 0 aromatic rings. The summed E-state index contributed by atoms with van der Waals surface area (Å²) in [6, 6.07) is 0. The quantitative estimate of drug-likeness (QED) is 0.701. The zero-order valence-corrected chi connectivity index (χ0v) is 9.63. The number of carbonyl (C=O) groups excluding carboxylic acids is 1. The van der Waals surface area contributed by atoms with E-state index in [-0.39, 0.29) is 11.3 Å². The first-order chi connectivity index (χ1) is 6.87. The van der Waals surface area contributed by atoms with Crippen molar-refractivity contribution in [1.82, 2.24) is 4.90 Å². The van der Waals surface area contributed by atoms with Crippen LogP contribution in [-0.4, -0.2) is 44.8 Å². The van der Waals surface area contributed by atoms with Crippen LogP contribution in [0.15, 0.2) is 0 Å². The van der Waals surface area contributed by atoms with Gasteiger partial charge in [0.2, 0.25) is 5.91 Å². The molecular weight excluding hydrogens is 218 g/mol. The maximum Gasteiger partial charge on any atom is 0.359 e. The van der Waals surface area contributed by atoms with Gasteiger partial charge in [-0.3, -0.25) is 9.69 Å². The number of hydrogen-bond donors (Lipinski definition) is 1. The van der Waals surface area contributed by atoms with Crippen molar-refractivity contribution < 1.29 is 19.4 Å². The Bertz CT molecular complexity index is 343. The largest absolute Gasteiger partial charge is 0.478 e. The minimum Gasteiger partial charge on any atom is -0.478 e. The van der Waals surface area contributed by atoms with E-state index in [0.29, 0.717) is 6.42 Å². The van der Waals surface area contributed by atoms with Crippen molar-refractivity contribution in [3.8, 4) is 0 Å². The molecule has 0 radical (unpaired) electrons. The van der Waals surface area contributed by atoms with E-state index in [1.807, 2.05) is 0 Å². The van der Waals surface area contributed by atoms with E-state index < -0.39 is 16.4 Å². The lowest BCUT2D eigenvalue weighted by atomic mass is 9.93. The number of thioether (sulfide) groups is 1. The van der Waals surface area contributed by atoms with E-state index in [9.17, 15) is 14.7 Å². The second kappa shape index (κ2) is 2.89. The van der Waals surface area contributed by atoms with Gasteiger partial charge in [-0.15, -0.1) is 11.8 Å². The predicted octanol–water partition coefficient (Wildman–Crippen LogP) is 0.498. The Morgan fingerprint density at radius 2 is 2.27 bits per heavy atom. The van der Waals surface area contributed by atoms with Gasteiger partial charge in [0, 0.05) is 7.11 Å². The van der Waals surface area contributed by atoms with Gasteiger partial charge in [-0.1, -0.05) is 0 Å². The van der Waals surface area contributed by atoms with Crippen molar-refractivity contribution in [1.29, 1.82) is 0 Å². The van der Waals surface area contributed by atoms with Crippen LogP contribution in [0, 0.1) is 0 Å². The van der Waals surface area contributed by atoms with E-state index in [2.05, 4.69) is 0 Å². The number of carbonyl (C=O) groups is 2. The molecular formula is C9H13NO4S. The van der Waals surface area contributed by atoms with Crippen LogP contribution in [0.2, 0.25) is 0 Å². The molecule has 0 aliphatic carbocycles. The molecule has 2 aliphatic heterocycles. The highest BCUT2D eigenvalue weighted by molar-refractivity contribution is 8.01.